The summed E-state index contributed by atoms with van der Waals surface area (Å²) in [5.41, 5.74) is -1.08. The molecular formula is C31H30F5N7O2S. The molecule has 0 spiro atoms. The van der Waals surface area contributed by atoms with Gasteiger partial charge in [-0.25, -0.2) is 13.6 Å². The SMILES string of the molecule is C=CC(=O)N1CCN(c2nc(=O)n3c4c(c(-c5ccc(F)c6cnn(C)c56)c(C(F)(F)F)cc24)SCC3CN2CCC(F)C2)CC1. The zero-order valence-corrected chi connectivity index (χ0v) is 25.7. The van der Waals surface area contributed by atoms with Gasteiger partial charge in [-0.05, 0) is 30.7 Å². The van der Waals surface area contributed by atoms with Crippen LogP contribution >= 0.6 is 11.8 Å². The van der Waals surface area contributed by atoms with Crippen molar-refractivity contribution in [2.75, 3.05) is 56.5 Å². The molecule has 46 heavy (non-hydrogen) atoms. The highest BCUT2D eigenvalue weighted by Crippen LogP contribution is 2.51. The quantitative estimate of drug-likeness (QED) is 0.228. The van der Waals surface area contributed by atoms with Crippen LogP contribution in [0.4, 0.5) is 27.8 Å². The molecule has 2 fully saturated rings. The van der Waals surface area contributed by atoms with E-state index in [0.29, 0.717) is 25.0 Å². The second-order valence-electron chi connectivity index (χ2n) is 11.9. The number of fused-ring (bicyclic) bond motifs is 1. The van der Waals surface area contributed by atoms with E-state index in [1.807, 2.05) is 4.90 Å². The van der Waals surface area contributed by atoms with Crippen LogP contribution in [0.2, 0.25) is 0 Å². The Morgan fingerprint density at radius 3 is 2.57 bits per heavy atom. The number of aryl methyl sites for hydroxylation is 1. The second kappa shape index (κ2) is 11.4. The molecule has 3 aliphatic heterocycles. The number of nitrogens with zero attached hydrogens (tertiary/aromatic N) is 7. The summed E-state index contributed by atoms with van der Waals surface area (Å²) in [6.45, 7) is 5.64. The van der Waals surface area contributed by atoms with Crippen molar-refractivity contribution in [1.29, 1.82) is 0 Å². The van der Waals surface area contributed by atoms with Gasteiger partial charge in [0.05, 0.1) is 34.2 Å². The molecule has 0 saturated carbocycles. The highest BCUT2D eigenvalue weighted by Gasteiger charge is 2.40. The van der Waals surface area contributed by atoms with Crippen molar-refractivity contribution in [3.05, 3.63) is 58.9 Å². The summed E-state index contributed by atoms with van der Waals surface area (Å²) in [7, 11) is 1.54. The van der Waals surface area contributed by atoms with E-state index in [-0.39, 0.29) is 82.5 Å². The molecule has 1 amide bonds. The molecule has 15 heteroatoms. The summed E-state index contributed by atoms with van der Waals surface area (Å²) < 4.78 is 77.1. The Bertz CT molecular complexity index is 1950. The molecule has 2 saturated heterocycles. The number of hydrogen-bond acceptors (Lipinski definition) is 7. The van der Waals surface area contributed by atoms with Crippen molar-refractivity contribution in [1.82, 2.24) is 29.1 Å². The topological polar surface area (TPSA) is 79.5 Å². The Balaban J connectivity index is 1.49. The molecule has 3 aliphatic rings. The molecule has 4 aromatic rings. The monoisotopic (exact) mass is 659 g/mol. The first-order valence-electron chi connectivity index (χ1n) is 14.9. The predicted molar refractivity (Wildman–Crippen MR) is 165 cm³/mol. The normalized spacial score (nSPS) is 20.7. The Morgan fingerprint density at radius 1 is 1.13 bits per heavy atom. The molecule has 2 unspecified atom stereocenters. The maximum atomic E-state index is 15.1. The Kier molecular flexibility index (Phi) is 7.58. The molecule has 5 heterocycles. The molecule has 0 bridgehead atoms. The van der Waals surface area contributed by atoms with Crippen LogP contribution in [0.25, 0.3) is 32.9 Å². The smallest absolute Gasteiger partial charge is 0.352 e. The number of halogens is 5. The van der Waals surface area contributed by atoms with E-state index < -0.39 is 35.5 Å². The number of carbonyl (C=O) groups is 1. The fourth-order valence-corrected chi connectivity index (χ4v) is 8.26. The van der Waals surface area contributed by atoms with Gasteiger partial charge in [0, 0.05) is 80.0 Å². The molecule has 7 rings (SSSR count). The Morgan fingerprint density at radius 2 is 1.89 bits per heavy atom. The van der Waals surface area contributed by atoms with Crippen LogP contribution in [0, 0.1) is 5.82 Å². The first kappa shape index (κ1) is 30.7. The number of benzene rings is 2. The van der Waals surface area contributed by atoms with Crippen molar-refractivity contribution in [3.8, 4) is 11.1 Å². The summed E-state index contributed by atoms with van der Waals surface area (Å²) in [6.07, 6.45) is -2.94. The third-order valence-electron chi connectivity index (χ3n) is 9.10. The Hall–Kier alpha value is -3.98. The zero-order valence-electron chi connectivity index (χ0n) is 24.9. The van der Waals surface area contributed by atoms with Crippen LogP contribution in [0.15, 0.2) is 46.7 Å². The van der Waals surface area contributed by atoms with E-state index in [0.717, 1.165) is 12.1 Å². The van der Waals surface area contributed by atoms with Gasteiger partial charge < -0.3 is 9.80 Å². The highest BCUT2D eigenvalue weighted by atomic mass is 32.2. The zero-order chi connectivity index (χ0) is 32.5. The van der Waals surface area contributed by atoms with E-state index in [4.69, 9.17) is 0 Å². The number of thioether (sulfide) groups is 1. The molecule has 242 valence electrons. The maximum absolute atomic E-state index is 15.1. The van der Waals surface area contributed by atoms with E-state index in [2.05, 4.69) is 16.7 Å². The summed E-state index contributed by atoms with van der Waals surface area (Å²) >= 11 is 1.20. The molecule has 2 aromatic carbocycles. The largest absolute Gasteiger partial charge is 0.417 e. The van der Waals surface area contributed by atoms with Crippen molar-refractivity contribution in [2.24, 2.45) is 7.05 Å². The van der Waals surface area contributed by atoms with Gasteiger partial charge in [0.15, 0.2) is 0 Å². The van der Waals surface area contributed by atoms with Crippen LogP contribution in [0.1, 0.15) is 18.0 Å². The van der Waals surface area contributed by atoms with Gasteiger partial charge in [0.1, 0.15) is 17.8 Å². The summed E-state index contributed by atoms with van der Waals surface area (Å²) in [4.78, 5) is 36.0. The number of likely N-dealkylation sites (tertiary alicyclic amines) is 1. The van der Waals surface area contributed by atoms with E-state index >= 15 is 13.2 Å². The number of rotatable bonds is 5. The lowest BCUT2D eigenvalue weighted by molar-refractivity contribution is -0.137. The molecular weight excluding hydrogens is 629 g/mol. The molecule has 9 nitrogen and oxygen atoms in total. The average molecular weight is 660 g/mol. The van der Waals surface area contributed by atoms with Gasteiger partial charge in [-0.15, -0.1) is 11.8 Å². The minimum Gasteiger partial charge on any atom is -0.352 e. The van der Waals surface area contributed by atoms with Crippen molar-refractivity contribution < 1.29 is 26.7 Å². The first-order chi connectivity index (χ1) is 22.0. The van der Waals surface area contributed by atoms with Gasteiger partial charge in [-0.1, -0.05) is 6.58 Å². The van der Waals surface area contributed by atoms with Crippen LogP contribution < -0.4 is 10.6 Å². The van der Waals surface area contributed by atoms with E-state index in [1.165, 1.54) is 46.4 Å². The molecule has 2 atom stereocenters. The maximum Gasteiger partial charge on any atom is 0.417 e. The third kappa shape index (κ3) is 5.03. The van der Waals surface area contributed by atoms with Gasteiger partial charge in [0.2, 0.25) is 5.91 Å². The molecule has 2 aromatic heterocycles. The summed E-state index contributed by atoms with van der Waals surface area (Å²) in [6, 6.07) is 3.01. The van der Waals surface area contributed by atoms with Gasteiger partial charge in [0.25, 0.3) is 0 Å². The standard InChI is InChI=1S/C31H30F5N7O2S/c1-3-24(44)41-8-10-42(11-9-41)29-20-12-22(31(34,35)36)25(19-4-5-23(33)21-13-37-39(2)26(19)21)28-27(20)43(30(45)38-29)18(16-46-28)15-40-7-6-17(32)14-40/h3-5,12-13,17-18H,1,6-11,14-16H2,2H3. The van der Waals surface area contributed by atoms with Crippen molar-refractivity contribution in [3.63, 3.8) is 0 Å². The summed E-state index contributed by atoms with van der Waals surface area (Å²) in [5, 5.41) is 4.35. The lowest BCUT2D eigenvalue weighted by Crippen LogP contribution is -2.49. The lowest BCUT2D eigenvalue weighted by Gasteiger charge is -2.37. The minimum atomic E-state index is -4.82. The number of anilines is 1. The fourth-order valence-electron chi connectivity index (χ4n) is 6.93. The minimum absolute atomic E-state index is 0.0775. The van der Waals surface area contributed by atoms with Crippen LogP contribution in [-0.4, -0.2) is 92.8 Å². The number of carbonyl (C=O) groups excluding carboxylic acids is 1. The highest BCUT2D eigenvalue weighted by molar-refractivity contribution is 7.99. The summed E-state index contributed by atoms with van der Waals surface area (Å²) in [5.74, 6) is -0.512. The van der Waals surface area contributed by atoms with Gasteiger partial charge in [-0.2, -0.15) is 23.3 Å². The van der Waals surface area contributed by atoms with Crippen molar-refractivity contribution in [2.45, 2.75) is 29.7 Å². The fraction of sp³-hybridized carbons (Fsp3) is 0.419. The molecule has 0 aliphatic carbocycles. The van der Waals surface area contributed by atoms with Gasteiger partial charge >= 0.3 is 11.9 Å². The van der Waals surface area contributed by atoms with Gasteiger partial charge in [-0.3, -0.25) is 18.9 Å². The number of alkyl halides is 4. The number of hydrogen-bond donors (Lipinski definition) is 0. The first-order valence-corrected chi connectivity index (χ1v) is 15.9. The van der Waals surface area contributed by atoms with Crippen LogP contribution in [-0.2, 0) is 18.0 Å². The number of piperazine rings is 1. The lowest BCUT2D eigenvalue weighted by atomic mass is 9.94. The van der Waals surface area contributed by atoms with Crippen LogP contribution in [0.3, 0.4) is 0 Å². The van der Waals surface area contributed by atoms with E-state index in [1.54, 1.807) is 9.80 Å². The number of amides is 1. The van der Waals surface area contributed by atoms with Crippen LogP contribution in [0.5, 0.6) is 0 Å². The second-order valence-corrected chi connectivity index (χ2v) is 12.9. The third-order valence-corrected chi connectivity index (χ3v) is 10.3. The molecule has 0 N–H and O–H groups in total. The molecule has 0 radical (unpaired) electrons. The predicted octanol–water partition coefficient (Wildman–Crippen LogP) is 4.63. The Labute approximate surface area is 264 Å². The number of aromatic nitrogens is 4. The van der Waals surface area contributed by atoms with Crippen molar-refractivity contribution >= 4 is 45.3 Å². The average Bonchev–Trinajstić information content (AvgIpc) is 3.63. The van der Waals surface area contributed by atoms with E-state index in [9.17, 15) is 18.4 Å².